The van der Waals surface area contributed by atoms with E-state index in [1.165, 1.54) is 17.2 Å². The minimum absolute atomic E-state index is 0. The number of carbonyl (C=O) groups excluding carboxylic acids is 3. The Balaban J connectivity index is 0.00000182. The van der Waals surface area contributed by atoms with Crippen LogP contribution in [0.4, 0.5) is 16.2 Å². The fourth-order valence-corrected chi connectivity index (χ4v) is 8.34. The number of benzene rings is 4. The fourth-order valence-electron chi connectivity index (χ4n) is 8.34. The number of aliphatic hydroxyl groups is 1. The highest BCUT2D eigenvalue weighted by molar-refractivity contribution is 5.97. The lowest BCUT2D eigenvalue weighted by atomic mass is 10.0. The SMILES string of the molecule is C=CC.CN(CCNCC(O)c1ccc(O)c2c1OCC(=O)N2)C(=O)CCOCCc1ccc(CCN2CC3CC(OC(=O)Nc4ccccc4-c4ccccc4)CC3C2)cc1.[HH]. The Kier molecular flexibility index (Phi) is 16.9. The number of carbonyl (C=O) groups is 3. The van der Waals surface area contributed by atoms with Gasteiger partial charge in [0.2, 0.25) is 5.91 Å². The minimum atomic E-state index is -0.934. The zero-order valence-corrected chi connectivity index (χ0v) is 35.9. The standard InChI is InChI=1S/C46H55N5O8.C3H6.H2/c1-50(22-20-47-27-41(53)38-15-16-40(52)44-45(38)58-30-42(54)49-44)43(55)19-24-57-23-18-32-13-11-31(12-14-32)17-21-51-28-34-25-36(26-35(34)29-51)59-46(56)48-39-10-6-5-9-37(39)33-7-3-2-4-8-33;1-3-2;/h2-16,34-36,41,47,52-53H,17-30H2,1H3,(H,48,56)(H,49,54);3H,1H2,2H3;1H. The van der Waals surface area contributed by atoms with Crippen molar-refractivity contribution in [3.63, 3.8) is 0 Å². The van der Waals surface area contributed by atoms with Gasteiger partial charge in [-0.2, -0.15) is 0 Å². The van der Waals surface area contributed by atoms with E-state index in [-0.39, 0.29) is 62.2 Å². The molecule has 5 N–H and O–H groups in total. The van der Waals surface area contributed by atoms with Crippen molar-refractivity contribution in [3.05, 3.63) is 120 Å². The summed E-state index contributed by atoms with van der Waals surface area (Å²) in [5.41, 5.74) is 5.89. The summed E-state index contributed by atoms with van der Waals surface area (Å²) in [6, 6.07) is 29.5. The first kappa shape index (κ1) is 45.8. The Hall–Kier alpha value is -5.73. The van der Waals surface area contributed by atoms with Crippen LogP contribution in [0, 0.1) is 11.8 Å². The second-order valence-electron chi connectivity index (χ2n) is 16.2. The number of para-hydroxylation sites is 1. The van der Waals surface area contributed by atoms with E-state index < -0.39 is 6.10 Å². The molecule has 7 rings (SSSR count). The van der Waals surface area contributed by atoms with Crippen molar-refractivity contribution in [3.8, 4) is 22.6 Å². The smallest absolute Gasteiger partial charge is 0.411 e. The second-order valence-corrected chi connectivity index (χ2v) is 16.2. The maximum Gasteiger partial charge on any atom is 0.411 e. The van der Waals surface area contributed by atoms with Gasteiger partial charge in [0.1, 0.15) is 17.5 Å². The summed E-state index contributed by atoms with van der Waals surface area (Å²) in [7, 11) is 1.74. The Bertz CT molecular complexity index is 2090. The first-order chi connectivity index (χ1) is 30.1. The van der Waals surface area contributed by atoms with Crippen molar-refractivity contribution in [2.24, 2.45) is 11.8 Å². The van der Waals surface area contributed by atoms with Gasteiger partial charge in [0.25, 0.3) is 5.91 Å². The van der Waals surface area contributed by atoms with Crippen LogP contribution in [0.5, 0.6) is 11.5 Å². The quantitative estimate of drug-likeness (QED) is 0.0398. The van der Waals surface area contributed by atoms with Crippen LogP contribution in [0.2, 0.25) is 0 Å². The van der Waals surface area contributed by atoms with Gasteiger partial charge in [-0.05, 0) is 79.3 Å². The molecule has 0 bridgehead atoms. The van der Waals surface area contributed by atoms with E-state index in [2.05, 4.69) is 51.7 Å². The molecule has 0 aromatic heterocycles. The van der Waals surface area contributed by atoms with Gasteiger partial charge in [0.15, 0.2) is 12.4 Å². The first-order valence-electron chi connectivity index (χ1n) is 21.6. The molecule has 2 heterocycles. The molecule has 3 amide bonds. The molecule has 2 aliphatic heterocycles. The number of phenols is 1. The molecule has 0 radical (unpaired) electrons. The zero-order chi connectivity index (χ0) is 43.8. The summed E-state index contributed by atoms with van der Waals surface area (Å²) >= 11 is 0. The number of amides is 3. The van der Waals surface area contributed by atoms with Gasteiger partial charge in [-0.25, -0.2) is 4.79 Å². The molecule has 13 nitrogen and oxygen atoms in total. The van der Waals surface area contributed by atoms with Crippen molar-refractivity contribution < 1.29 is 40.2 Å². The minimum Gasteiger partial charge on any atom is -0.506 e. The van der Waals surface area contributed by atoms with Crippen LogP contribution in [0.15, 0.2) is 104 Å². The number of rotatable bonds is 18. The molecular formula is C49H63N5O8. The van der Waals surface area contributed by atoms with Crippen molar-refractivity contribution in [1.29, 1.82) is 0 Å². The highest BCUT2D eigenvalue weighted by atomic mass is 16.6. The normalized spacial score (nSPS) is 18.2. The van der Waals surface area contributed by atoms with Crippen LogP contribution in [0.1, 0.15) is 50.4 Å². The number of nitrogens with one attached hydrogen (secondary N) is 3. The van der Waals surface area contributed by atoms with Crippen LogP contribution >= 0.6 is 0 Å². The summed E-state index contributed by atoms with van der Waals surface area (Å²) in [5.74, 6) is 0.846. The average Bonchev–Trinajstić information content (AvgIpc) is 3.83. The van der Waals surface area contributed by atoms with E-state index >= 15 is 0 Å². The molecule has 13 heteroatoms. The molecule has 3 unspecified atom stereocenters. The molecule has 332 valence electrons. The molecule has 3 atom stereocenters. The van der Waals surface area contributed by atoms with E-state index in [9.17, 15) is 24.6 Å². The van der Waals surface area contributed by atoms with Gasteiger partial charge in [-0.3, -0.25) is 14.9 Å². The average molecular weight is 850 g/mol. The fraction of sp³-hybridized carbons (Fsp3) is 0.408. The molecule has 1 saturated heterocycles. The van der Waals surface area contributed by atoms with Gasteiger partial charge < -0.3 is 44.9 Å². The predicted molar refractivity (Wildman–Crippen MR) is 243 cm³/mol. The topological polar surface area (TPSA) is 162 Å². The third-order valence-electron chi connectivity index (χ3n) is 11.6. The number of likely N-dealkylation sites (tertiary alicyclic amines) is 1. The number of aliphatic hydroxyl groups excluding tert-OH is 1. The second kappa shape index (κ2) is 22.9. The van der Waals surface area contributed by atoms with Crippen LogP contribution in [-0.2, 0) is 31.9 Å². The highest BCUT2D eigenvalue weighted by Gasteiger charge is 2.42. The van der Waals surface area contributed by atoms with Crippen molar-refractivity contribution >= 4 is 29.3 Å². The number of aromatic hydroxyl groups is 1. The highest BCUT2D eigenvalue weighted by Crippen LogP contribution is 2.42. The molecule has 4 aromatic rings. The molecule has 0 spiro atoms. The molecule has 2 fully saturated rings. The van der Waals surface area contributed by atoms with Gasteiger partial charge in [-0.15, -0.1) is 6.58 Å². The van der Waals surface area contributed by atoms with Crippen LogP contribution in [0.3, 0.4) is 0 Å². The molecular weight excluding hydrogens is 787 g/mol. The number of fused-ring (bicyclic) bond motifs is 2. The number of allylic oxidation sites excluding steroid dienone is 1. The largest absolute Gasteiger partial charge is 0.506 e. The van der Waals surface area contributed by atoms with E-state index in [0.29, 0.717) is 43.7 Å². The number of likely N-dealkylation sites (N-methyl/N-ethyl adjacent to an activating group) is 1. The van der Waals surface area contributed by atoms with E-state index in [0.717, 1.165) is 62.1 Å². The molecule has 3 aliphatic rings. The van der Waals surface area contributed by atoms with Crippen molar-refractivity contribution in [2.75, 3.05) is 76.8 Å². The number of hydrogen-bond acceptors (Lipinski definition) is 10. The first-order valence-corrected chi connectivity index (χ1v) is 21.6. The maximum absolute atomic E-state index is 12.9. The van der Waals surface area contributed by atoms with Gasteiger partial charge in [-0.1, -0.05) is 78.9 Å². The third-order valence-corrected chi connectivity index (χ3v) is 11.6. The predicted octanol–water partition coefficient (Wildman–Crippen LogP) is 7.06. The number of phenolic OH excluding ortho intramolecular Hbond substituents is 1. The Morgan fingerprint density at radius 1 is 0.984 bits per heavy atom. The molecule has 1 aliphatic carbocycles. The van der Waals surface area contributed by atoms with E-state index in [4.69, 9.17) is 14.2 Å². The number of ether oxygens (including phenoxy) is 3. The maximum atomic E-state index is 12.9. The number of anilines is 2. The Morgan fingerprint density at radius 2 is 1.66 bits per heavy atom. The molecule has 62 heavy (non-hydrogen) atoms. The lowest BCUT2D eigenvalue weighted by Gasteiger charge is -2.24. The lowest BCUT2D eigenvalue weighted by molar-refractivity contribution is -0.131. The third kappa shape index (κ3) is 12.9. The van der Waals surface area contributed by atoms with E-state index in [1.807, 2.05) is 61.5 Å². The summed E-state index contributed by atoms with van der Waals surface area (Å²) in [6.45, 7) is 10.2. The van der Waals surface area contributed by atoms with Crippen molar-refractivity contribution in [2.45, 2.75) is 51.2 Å². The van der Waals surface area contributed by atoms with Crippen LogP contribution < -0.4 is 20.7 Å². The Morgan fingerprint density at radius 3 is 2.39 bits per heavy atom. The van der Waals surface area contributed by atoms with Gasteiger partial charge in [0.05, 0.1) is 31.4 Å². The summed E-state index contributed by atoms with van der Waals surface area (Å²) in [4.78, 5) is 41.3. The number of hydrogen-bond donors (Lipinski definition) is 5. The number of nitrogens with zero attached hydrogens (tertiary/aromatic N) is 2. The van der Waals surface area contributed by atoms with Crippen LogP contribution in [0.25, 0.3) is 11.1 Å². The Labute approximate surface area is 366 Å². The van der Waals surface area contributed by atoms with Crippen LogP contribution in [-0.4, -0.2) is 110 Å². The monoisotopic (exact) mass is 849 g/mol. The molecule has 4 aromatic carbocycles. The van der Waals surface area contributed by atoms with Crippen molar-refractivity contribution in [1.82, 2.24) is 15.1 Å². The summed E-state index contributed by atoms with van der Waals surface area (Å²) in [6.07, 6.45) is 4.24. The lowest BCUT2D eigenvalue weighted by Crippen LogP contribution is -2.35. The summed E-state index contributed by atoms with van der Waals surface area (Å²) < 4.78 is 17.2. The summed E-state index contributed by atoms with van der Waals surface area (Å²) in [5, 5.41) is 29.4. The van der Waals surface area contributed by atoms with Gasteiger partial charge >= 0.3 is 6.09 Å². The van der Waals surface area contributed by atoms with E-state index in [1.54, 1.807) is 24.1 Å². The van der Waals surface area contributed by atoms with Gasteiger partial charge in [0, 0.05) is 58.9 Å². The molecule has 1 saturated carbocycles. The zero-order valence-electron chi connectivity index (χ0n) is 35.9.